The molecular formula is C16H19ClN4O2. The van der Waals surface area contributed by atoms with Crippen molar-refractivity contribution in [2.45, 2.75) is 25.4 Å². The summed E-state index contributed by atoms with van der Waals surface area (Å²) in [6, 6.07) is 7.05. The van der Waals surface area contributed by atoms with E-state index in [0.29, 0.717) is 34.8 Å². The summed E-state index contributed by atoms with van der Waals surface area (Å²) in [6.45, 7) is 0.713. The van der Waals surface area contributed by atoms with E-state index in [-0.39, 0.29) is 12.1 Å². The number of aromatic nitrogens is 2. The molecular weight excluding hydrogens is 316 g/mol. The number of nitrogens with one attached hydrogen (secondary N) is 1. The first-order valence-electron chi connectivity index (χ1n) is 7.58. The number of halogens is 1. The van der Waals surface area contributed by atoms with Gasteiger partial charge in [0.2, 0.25) is 5.95 Å². The van der Waals surface area contributed by atoms with E-state index >= 15 is 0 Å². The predicted octanol–water partition coefficient (Wildman–Crippen LogP) is 3.08. The number of ether oxygens (including phenoxy) is 1. The molecule has 7 heteroatoms. The van der Waals surface area contributed by atoms with Crippen molar-refractivity contribution in [1.29, 1.82) is 0 Å². The lowest BCUT2D eigenvalue weighted by Crippen LogP contribution is -2.14. The van der Waals surface area contributed by atoms with Gasteiger partial charge in [-0.1, -0.05) is 11.6 Å². The van der Waals surface area contributed by atoms with E-state index in [2.05, 4.69) is 15.3 Å². The predicted molar refractivity (Wildman–Crippen MR) is 89.8 cm³/mol. The van der Waals surface area contributed by atoms with Crippen LogP contribution in [0, 0.1) is 5.92 Å². The van der Waals surface area contributed by atoms with Crippen LogP contribution in [0.5, 0.6) is 11.5 Å². The minimum Gasteiger partial charge on any atom is -0.452 e. The Kier molecular flexibility index (Phi) is 4.83. The van der Waals surface area contributed by atoms with Crippen molar-refractivity contribution >= 4 is 23.4 Å². The number of nitrogens with zero attached hydrogens (tertiary/aromatic N) is 2. The molecule has 0 saturated heterocycles. The van der Waals surface area contributed by atoms with Gasteiger partial charge in [0.25, 0.3) is 0 Å². The number of hydrogen-bond acceptors (Lipinski definition) is 6. The summed E-state index contributed by atoms with van der Waals surface area (Å²) in [5, 5.41) is 13.5. The Hall–Kier alpha value is -2.05. The van der Waals surface area contributed by atoms with Gasteiger partial charge in [0.15, 0.2) is 11.6 Å². The second-order valence-electron chi connectivity index (χ2n) is 5.71. The lowest BCUT2D eigenvalue weighted by molar-refractivity contribution is 0.178. The topological polar surface area (TPSA) is 93.3 Å². The largest absolute Gasteiger partial charge is 0.452 e. The summed E-state index contributed by atoms with van der Waals surface area (Å²) in [5.41, 5.74) is 5.67. The van der Waals surface area contributed by atoms with Crippen LogP contribution in [0.15, 0.2) is 30.5 Å². The van der Waals surface area contributed by atoms with Crippen LogP contribution >= 0.6 is 11.6 Å². The number of anilines is 2. The van der Waals surface area contributed by atoms with Crippen LogP contribution in [-0.2, 0) is 0 Å². The zero-order valence-corrected chi connectivity index (χ0v) is 13.3. The molecule has 0 amide bonds. The van der Waals surface area contributed by atoms with Crippen LogP contribution in [0.4, 0.5) is 11.8 Å². The summed E-state index contributed by atoms with van der Waals surface area (Å²) in [4.78, 5) is 8.19. The van der Waals surface area contributed by atoms with Gasteiger partial charge in [-0.05, 0) is 49.4 Å². The van der Waals surface area contributed by atoms with Gasteiger partial charge in [-0.2, -0.15) is 4.98 Å². The van der Waals surface area contributed by atoms with Gasteiger partial charge < -0.3 is 20.9 Å². The van der Waals surface area contributed by atoms with Gasteiger partial charge in [-0.15, -0.1) is 0 Å². The zero-order chi connectivity index (χ0) is 16.2. The van der Waals surface area contributed by atoms with Gasteiger partial charge in [-0.3, -0.25) is 0 Å². The molecule has 122 valence electrons. The molecule has 2 atom stereocenters. The SMILES string of the molecule is Nc1ncc(Oc2ccc(Cl)cc2)c(NC[C@H]2CC[C@H](O)C2)n1. The summed E-state index contributed by atoms with van der Waals surface area (Å²) in [6.07, 6.45) is 4.01. The van der Waals surface area contributed by atoms with E-state index in [4.69, 9.17) is 22.1 Å². The van der Waals surface area contributed by atoms with Crippen molar-refractivity contribution in [2.75, 3.05) is 17.6 Å². The molecule has 23 heavy (non-hydrogen) atoms. The summed E-state index contributed by atoms with van der Waals surface area (Å²) < 4.78 is 5.80. The molecule has 4 N–H and O–H groups in total. The Labute approximate surface area is 139 Å². The average molecular weight is 335 g/mol. The second kappa shape index (κ2) is 7.02. The fourth-order valence-corrected chi connectivity index (χ4v) is 2.82. The molecule has 1 aliphatic rings. The first-order chi connectivity index (χ1) is 11.1. The molecule has 0 unspecified atom stereocenters. The van der Waals surface area contributed by atoms with Crippen molar-refractivity contribution in [3.63, 3.8) is 0 Å². The Morgan fingerprint density at radius 1 is 1.30 bits per heavy atom. The van der Waals surface area contributed by atoms with Crippen LogP contribution in [-0.4, -0.2) is 27.7 Å². The average Bonchev–Trinajstić information content (AvgIpc) is 2.95. The van der Waals surface area contributed by atoms with E-state index in [1.54, 1.807) is 30.5 Å². The smallest absolute Gasteiger partial charge is 0.222 e. The standard InChI is InChI=1S/C16H19ClN4O2/c17-11-2-5-13(6-3-11)23-14-9-20-16(18)21-15(14)19-8-10-1-4-12(22)7-10/h2-3,5-6,9-10,12,22H,1,4,7-8H2,(H3,18,19,20,21)/t10-,12-/m0/s1. The molecule has 1 saturated carbocycles. The lowest BCUT2D eigenvalue weighted by Gasteiger charge is -2.15. The highest BCUT2D eigenvalue weighted by atomic mass is 35.5. The minimum atomic E-state index is -0.193. The number of benzene rings is 1. The van der Waals surface area contributed by atoms with Crippen LogP contribution in [0.2, 0.25) is 5.02 Å². The van der Waals surface area contributed by atoms with Gasteiger partial charge in [0.1, 0.15) is 5.75 Å². The van der Waals surface area contributed by atoms with Gasteiger partial charge in [0, 0.05) is 11.6 Å². The molecule has 1 fully saturated rings. The number of nitrogen functional groups attached to an aromatic ring is 1. The third-order valence-electron chi connectivity index (χ3n) is 3.89. The molecule has 0 radical (unpaired) electrons. The summed E-state index contributed by atoms with van der Waals surface area (Å²) in [5.74, 6) is 2.29. The molecule has 1 aromatic carbocycles. The fourth-order valence-electron chi connectivity index (χ4n) is 2.69. The molecule has 1 heterocycles. The quantitative estimate of drug-likeness (QED) is 0.778. The number of hydrogen-bond donors (Lipinski definition) is 3. The van der Waals surface area contributed by atoms with Crippen molar-refractivity contribution in [3.05, 3.63) is 35.5 Å². The van der Waals surface area contributed by atoms with Crippen LogP contribution in [0.1, 0.15) is 19.3 Å². The van der Waals surface area contributed by atoms with Gasteiger partial charge in [0.05, 0.1) is 12.3 Å². The minimum absolute atomic E-state index is 0.183. The van der Waals surface area contributed by atoms with Crippen molar-refractivity contribution < 1.29 is 9.84 Å². The molecule has 6 nitrogen and oxygen atoms in total. The second-order valence-corrected chi connectivity index (χ2v) is 6.15. The Morgan fingerprint density at radius 3 is 2.78 bits per heavy atom. The maximum absolute atomic E-state index is 9.60. The van der Waals surface area contributed by atoms with E-state index in [9.17, 15) is 5.11 Å². The summed E-state index contributed by atoms with van der Waals surface area (Å²) in [7, 11) is 0. The normalized spacial score (nSPS) is 20.4. The van der Waals surface area contributed by atoms with Gasteiger partial charge in [-0.25, -0.2) is 4.98 Å². The molecule has 1 aromatic heterocycles. The third-order valence-corrected chi connectivity index (χ3v) is 4.14. The van der Waals surface area contributed by atoms with Crippen molar-refractivity contribution in [3.8, 4) is 11.5 Å². The zero-order valence-electron chi connectivity index (χ0n) is 12.6. The molecule has 1 aliphatic carbocycles. The number of nitrogens with two attached hydrogens (primary N) is 1. The van der Waals surface area contributed by atoms with E-state index in [1.807, 2.05) is 0 Å². The maximum Gasteiger partial charge on any atom is 0.222 e. The molecule has 0 aliphatic heterocycles. The molecule has 2 aromatic rings. The monoisotopic (exact) mass is 334 g/mol. The highest BCUT2D eigenvalue weighted by Crippen LogP contribution is 2.30. The highest BCUT2D eigenvalue weighted by Gasteiger charge is 2.23. The lowest BCUT2D eigenvalue weighted by atomic mass is 10.1. The van der Waals surface area contributed by atoms with Gasteiger partial charge >= 0.3 is 0 Å². The fraction of sp³-hybridized carbons (Fsp3) is 0.375. The van der Waals surface area contributed by atoms with E-state index in [0.717, 1.165) is 19.3 Å². The maximum atomic E-state index is 9.60. The first-order valence-corrected chi connectivity index (χ1v) is 7.96. The van der Waals surface area contributed by atoms with Crippen molar-refractivity contribution in [2.24, 2.45) is 5.92 Å². The van der Waals surface area contributed by atoms with E-state index < -0.39 is 0 Å². The number of aliphatic hydroxyl groups excluding tert-OH is 1. The van der Waals surface area contributed by atoms with Crippen LogP contribution in [0.25, 0.3) is 0 Å². The van der Waals surface area contributed by atoms with Crippen molar-refractivity contribution in [1.82, 2.24) is 9.97 Å². The van der Waals surface area contributed by atoms with Crippen LogP contribution in [0.3, 0.4) is 0 Å². The Bertz CT molecular complexity index is 666. The molecule has 3 rings (SSSR count). The highest BCUT2D eigenvalue weighted by molar-refractivity contribution is 6.30. The number of aliphatic hydroxyl groups is 1. The molecule has 0 spiro atoms. The Balaban J connectivity index is 1.70. The third kappa shape index (κ3) is 4.24. The summed E-state index contributed by atoms with van der Waals surface area (Å²) >= 11 is 5.87. The Morgan fingerprint density at radius 2 is 2.09 bits per heavy atom. The molecule has 0 bridgehead atoms. The number of rotatable bonds is 5. The first kappa shape index (κ1) is 15.8. The van der Waals surface area contributed by atoms with E-state index in [1.165, 1.54) is 0 Å². The van der Waals surface area contributed by atoms with Crippen LogP contribution < -0.4 is 15.8 Å².